The van der Waals surface area contributed by atoms with Crippen LogP contribution in [0.5, 0.6) is 0 Å². The second kappa shape index (κ2) is 6.02. The Morgan fingerprint density at radius 1 is 1.56 bits per heavy atom. The lowest BCUT2D eigenvalue weighted by Gasteiger charge is -2.25. The van der Waals surface area contributed by atoms with Gasteiger partial charge >= 0.3 is 5.97 Å². The second-order valence-electron chi connectivity index (χ2n) is 4.49. The molecular weight excluding hydrogens is 321 g/mol. The zero-order valence-electron chi connectivity index (χ0n) is 10.2. The van der Waals surface area contributed by atoms with Crippen LogP contribution in [0.3, 0.4) is 0 Å². The second-order valence-corrected chi connectivity index (χ2v) is 5.81. The Hall–Kier alpha value is -0.620. The summed E-state index contributed by atoms with van der Waals surface area (Å²) in [5.74, 6) is -1.24. The van der Waals surface area contributed by atoms with Crippen molar-refractivity contribution in [2.75, 3.05) is 13.6 Å². The van der Waals surface area contributed by atoms with Gasteiger partial charge in [-0.2, -0.15) is 0 Å². The van der Waals surface area contributed by atoms with Crippen molar-refractivity contribution in [1.82, 2.24) is 4.90 Å². The maximum atomic E-state index is 10.8. The van der Waals surface area contributed by atoms with Gasteiger partial charge < -0.3 is 10.2 Å². The van der Waals surface area contributed by atoms with Gasteiger partial charge in [-0.25, -0.2) is 4.79 Å². The van der Waals surface area contributed by atoms with Crippen molar-refractivity contribution in [3.8, 4) is 0 Å². The van der Waals surface area contributed by atoms with Crippen LogP contribution in [0, 0.1) is 0 Å². The van der Waals surface area contributed by atoms with Gasteiger partial charge in [-0.1, -0.05) is 33.6 Å². The molecule has 0 bridgehead atoms. The monoisotopic (exact) mass is 335 g/mol. The van der Waals surface area contributed by atoms with Crippen molar-refractivity contribution in [3.05, 3.63) is 33.3 Å². The number of carbonyl (C=O) groups is 1. The van der Waals surface area contributed by atoms with Crippen molar-refractivity contribution < 1.29 is 15.0 Å². The average Bonchev–Trinajstić information content (AvgIpc) is 2.21. The third kappa shape index (κ3) is 4.24. The zero-order valence-corrected chi connectivity index (χ0v) is 12.5. The highest BCUT2D eigenvalue weighted by Gasteiger charge is 2.31. The lowest BCUT2D eigenvalue weighted by atomic mass is 10.1. The van der Waals surface area contributed by atoms with E-state index in [9.17, 15) is 9.90 Å². The van der Waals surface area contributed by atoms with Crippen LogP contribution >= 0.6 is 27.5 Å². The van der Waals surface area contributed by atoms with Crippen molar-refractivity contribution in [2.45, 2.75) is 19.1 Å². The topological polar surface area (TPSA) is 60.8 Å². The van der Waals surface area contributed by atoms with Gasteiger partial charge in [0.15, 0.2) is 5.60 Å². The number of nitrogens with zero attached hydrogens (tertiary/aromatic N) is 1. The van der Waals surface area contributed by atoms with Gasteiger partial charge in [0.2, 0.25) is 0 Å². The summed E-state index contributed by atoms with van der Waals surface area (Å²) in [6.07, 6.45) is 0. The third-order valence-corrected chi connectivity index (χ3v) is 3.34. The van der Waals surface area contributed by atoms with Gasteiger partial charge in [0.05, 0.1) is 0 Å². The first kappa shape index (κ1) is 15.4. The zero-order chi connectivity index (χ0) is 13.9. The Morgan fingerprint density at radius 3 is 2.67 bits per heavy atom. The smallest absolute Gasteiger partial charge is 0.336 e. The number of aliphatic hydroxyl groups is 1. The van der Waals surface area contributed by atoms with Crippen LogP contribution in [-0.2, 0) is 11.3 Å². The molecule has 1 rings (SSSR count). The largest absolute Gasteiger partial charge is 0.479 e. The fourth-order valence-corrected chi connectivity index (χ4v) is 2.32. The number of benzene rings is 1. The molecule has 0 aromatic heterocycles. The van der Waals surface area contributed by atoms with E-state index in [2.05, 4.69) is 15.9 Å². The summed E-state index contributed by atoms with van der Waals surface area (Å²) in [7, 11) is 1.73. The van der Waals surface area contributed by atoms with Gasteiger partial charge in [-0.3, -0.25) is 4.90 Å². The van der Waals surface area contributed by atoms with Crippen LogP contribution in [0.1, 0.15) is 12.5 Å². The van der Waals surface area contributed by atoms with E-state index in [1.54, 1.807) is 18.0 Å². The Morgan fingerprint density at radius 2 is 2.17 bits per heavy atom. The summed E-state index contributed by atoms with van der Waals surface area (Å²) in [6.45, 7) is 1.76. The molecule has 4 nitrogen and oxygen atoms in total. The van der Waals surface area contributed by atoms with Crippen LogP contribution in [-0.4, -0.2) is 40.3 Å². The average molecular weight is 337 g/mol. The maximum Gasteiger partial charge on any atom is 0.336 e. The predicted molar refractivity (Wildman–Crippen MR) is 73.7 cm³/mol. The van der Waals surface area contributed by atoms with E-state index in [0.29, 0.717) is 11.6 Å². The Kier molecular flexibility index (Phi) is 5.16. The third-order valence-electron chi connectivity index (χ3n) is 2.49. The highest BCUT2D eigenvalue weighted by Crippen LogP contribution is 2.22. The molecule has 0 fully saturated rings. The van der Waals surface area contributed by atoms with E-state index in [1.807, 2.05) is 12.1 Å². The molecule has 0 radical (unpaired) electrons. The number of halogens is 2. The Bertz CT molecular complexity index is 451. The summed E-state index contributed by atoms with van der Waals surface area (Å²) >= 11 is 9.39. The number of carboxylic acids is 1. The van der Waals surface area contributed by atoms with Crippen LogP contribution in [0.15, 0.2) is 22.7 Å². The van der Waals surface area contributed by atoms with E-state index in [0.717, 1.165) is 10.0 Å². The first-order chi connectivity index (χ1) is 8.22. The van der Waals surface area contributed by atoms with E-state index in [4.69, 9.17) is 16.7 Å². The summed E-state index contributed by atoms with van der Waals surface area (Å²) in [4.78, 5) is 12.5. The molecule has 0 amide bonds. The first-order valence-corrected chi connectivity index (χ1v) is 6.48. The fourth-order valence-electron chi connectivity index (χ4n) is 1.59. The molecule has 0 aliphatic carbocycles. The highest BCUT2D eigenvalue weighted by molar-refractivity contribution is 9.10. The van der Waals surface area contributed by atoms with Gasteiger partial charge in [0, 0.05) is 22.6 Å². The predicted octanol–water partition coefficient (Wildman–Crippen LogP) is 2.37. The van der Waals surface area contributed by atoms with E-state index >= 15 is 0 Å². The number of hydrogen-bond acceptors (Lipinski definition) is 3. The molecule has 0 heterocycles. The summed E-state index contributed by atoms with van der Waals surface area (Å²) < 4.78 is 0.886. The minimum Gasteiger partial charge on any atom is -0.479 e. The molecule has 18 heavy (non-hydrogen) atoms. The van der Waals surface area contributed by atoms with Gasteiger partial charge in [-0.15, -0.1) is 0 Å². The molecular formula is C12H15BrClNO3. The summed E-state index contributed by atoms with van der Waals surface area (Å²) in [6, 6.07) is 5.50. The number of aliphatic carboxylic acids is 1. The molecule has 100 valence electrons. The molecule has 0 aliphatic heterocycles. The van der Waals surface area contributed by atoms with Crippen molar-refractivity contribution in [1.29, 1.82) is 0 Å². The van der Waals surface area contributed by atoms with Gasteiger partial charge in [0.25, 0.3) is 0 Å². The van der Waals surface area contributed by atoms with E-state index in [1.165, 1.54) is 6.92 Å². The minimum absolute atomic E-state index is 0.0225. The van der Waals surface area contributed by atoms with Crippen molar-refractivity contribution in [2.24, 2.45) is 0 Å². The summed E-state index contributed by atoms with van der Waals surface area (Å²) in [5.41, 5.74) is -0.889. The molecule has 1 aromatic carbocycles. The Labute approximate surface area is 119 Å². The molecule has 6 heteroatoms. The SMILES string of the molecule is CN(Cc1ccc(Br)cc1Cl)CC(C)(O)C(=O)O. The number of carboxylic acid groups (broad SMARTS) is 1. The normalized spacial score (nSPS) is 14.6. The van der Waals surface area contributed by atoms with Crippen LogP contribution in [0.2, 0.25) is 5.02 Å². The van der Waals surface area contributed by atoms with E-state index in [-0.39, 0.29) is 6.54 Å². The van der Waals surface area contributed by atoms with Crippen LogP contribution in [0.25, 0.3) is 0 Å². The molecule has 1 unspecified atom stereocenters. The van der Waals surface area contributed by atoms with Crippen LogP contribution < -0.4 is 0 Å². The minimum atomic E-state index is -1.77. The molecule has 0 saturated carbocycles. The quantitative estimate of drug-likeness (QED) is 0.866. The molecule has 0 aliphatic rings. The maximum absolute atomic E-state index is 10.8. The highest BCUT2D eigenvalue weighted by atomic mass is 79.9. The van der Waals surface area contributed by atoms with Crippen molar-refractivity contribution in [3.63, 3.8) is 0 Å². The van der Waals surface area contributed by atoms with Gasteiger partial charge in [-0.05, 0) is 31.7 Å². The molecule has 0 saturated heterocycles. The van der Waals surface area contributed by atoms with E-state index < -0.39 is 11.6 Å². The number of likely N-dealkylation sites (N-methyl/N-ethyl adjacent to an activating group) is 1. The summed E-state index contributed by atoms with van der Waals surface area (Å²) in [5, 5.41) is 19.1. The number of rotatable bonds is 5. The fraction of sp³-hybridized carbons (Fsp3) is 0.417. The lowest BCUT2D eigenvalue weighted by Crippen LogP contribution is -2.45. The molecule has 1 atom stereocenters. The number of hydrogen-bond donors (Lipinski definition) is 2. The van der Waals surface area contributed by atoms with Gasteiger partial charge in [0.1, 0.15) is 0 Å². The molecule has 1 aromatic rings. The Balaban J connectivity index is 2.70. The molecule has 0 spiro atoms. The standard InChI is InChI=1S/C12H15BrClNO3/c1-12(18,11(16)17)7-15(2)6-8-3-4-9(13)5-10(8)14/h3-5,18H,6-7H2,1-2H3,(H,16,17). The van der Waals surface area contributed by atoms with Crippen molar-refractivity contribution >= 4 is 33.5 Å². The molecule has 2 N–H and O–H groups in total. The lowest BCUT2D eigenvalue weighted by molar-refractivity contribution is -0.158. The first-order valence-electron chi connectivity index (χ1n) is 5.30. The van der Waals surface area contributed by atoms with Crippen LogP contribution in [0.4, 0.5) is 0 Å².